The Morgan fingerprint density at radius 3 is 2.69 bits per heavy atom. The molecule has 0 radical (unpaired) electrons. The minimum atomic E-state index is 0.0901. The van der Waals surface area contributed by atoms with E-state index in [2.05, 4.69) is 18.8 Å². The van der Waals surface area contributed by atoms with Gasteiger partial charge in [0.2, 0.25) is 0 Å². The number of nitrogens with zero attached hydrogens (tertiary/aromatic N) is 1. The fourth-order valence-electron chi connectivity index (χ4n) is 1.16. The van der Waals surface area contributed by atoms with Crippen molar-refractivity contribution in [2.24, 2.45) is 5.92 Å². The topological polar surface area (TPSA) is 48.1 Å². The molecule has 1 aromatic heterocycles. The first kappa shape index (κ1) is 10.5. The summed E-state index contributed by atoms with van der Waals surface area (Å²) in [5.74, 6) is 1.02. The second-order valence-electron chi connectivity index (χ2n) is 3.23. The molecule has 1 unspecified atom stereocenters. The van der Waals surface area contributed by atoms with Gasteiger partial charge in [-0.1, -0.05) is 13.8 Å². The third kappa shape index (κ3) is 2.67. The zero-order valence-electron chi connectivity index (χ0n) is 8.28. The summed E-state index contributed by atoms with van der Waals surface area (Å²) in [7, 11) is 0. The molecule has 1 rings (SSSR count). The molecule has 0 fully saturated rings. The lowest BCUT2D eigenvalue weighted by atomic mass is 10.1. The highest BCUT2D eigenvalue weighted by Crippen LogP contribution is 2.28. The van der Waals surface area contributed by atoms with Gasteiger partial charge in [0.25, 0.3) is 0 Å². The highest BCUT2D eigenvalue weighted by molar-refractivity contribution is 7.10. The van der Waals surface area contributed by atoms with Gasteiger partial charge in [0, 0.05) is 12.0 Å². The van der Waals surface area contributed by atoms with Crippen LogP contribution in [-0.2, 0) is 4.74 Å². The van der Waals surface area contributed by atoms with Crippen molar-refractivity contribution in [3.63, 3.8) is 0 Å². The van der Waals surface area contributed by atoms with Gasteiger partial charge in [0.15, 0.2) is 0 Å². The molecule has 0 saturated heterocycles. The number of aromatic nitrogens is 1. The van der Waals surface area contributed by atoms with Crippen molar-refractivity contribution in [3.8, 4) is 0 Å². The summed E-state index contributed by atoms with van der Waals surface area (Å²) in [6, 6.07) is 0. The monoisotopic (exact) mass is 200 g/mol. The molecule has 1 heterocycles. The second-order valence-corrected chi connectivity index (χ2v) is 4.12. The summed E-state index contributed by atoms with van der Waals surface area (Å²) in [4.78, 5) is 4.22. The van der Waals surface area contributed by atoms with E-state index < -0.39 is 0 Å². The Morgan fingerprint density at radius 1 is 1.62 bits per heavy atom. The molecule has 0 aliphatic carbocycles. The molecule has 4 heteroatoms. The van der Waals surface area contributed by atoms with Crippen molar-refractivity contribution in [3.05, 3.63) is 10.4 Å². The summed E-state index contributed by atoms with van der Waals surface area (Å²) in [5.41, 5.74) is 5.56. The van der Waals surface area contributed by atoms with Crippen LogP contribution in [0.25, 0.3) is 0 Å². The van der Waals surface area contributed by atoms with E-state index in [1.165, 1.54) is 0 Å². The molecule has 0 aromatic carbocycles. The molecule has 1 atom stereocenters. The van der Waals surface area contributed by atoms with E-state index in [0.29, 0.717) is 18.3 Å². The molecule has 0 bridgehead atoms. The number of rotatable bonds is 4. The molecule has 0 aliphatic rings. The minimum absolute atomic E-state index is 0.0901. The second kappa shape index (κ2) is 4.58. The van der Waals surface area contributed by atoms with Gasteiger partial charge in [-0.25, -0.2) is 4.98 Å². The van der Waals surface area contributed by atoms with Crippen molar-refractivity contribution in [1.29, 1.82) is 0 Å². The molecule has 74 valence electrons. The number of hydrogen-bond donors (Lipinski definition) is 1. The van der Waals surface area contributed by atoms with E-state index in [4.69, 9.17) is 10.5 Å². The first-order valence-electron chi connectivity index (χ1n) is 4.47. The van der Waals surface area contributed by atoms with E-state index >= 15 is 0 Å². The summed E-state index contributed by atoms with van der Waals surface area (Å²) in [5, 5.41) is 2.83. The number of ether oxygens (including phenoxy) is 1. The van der Waals surface area contributed by atoms with E-state index in [0.717, 1.165) is 5.01 Å². The summed E-state index contributed by atoms with van der Waals surface area (Å²) < 4.78 is 5.60. The Kier molecular flexibility index (Phi) is 3.69. The molecule has 13 heavy (non-hydrogen) atoms. The maximum atomic E-state index is 5.60. The zero-order chi connectivity index (χ0) is 9.84. The summed E-state index contributed by atoms with van der Waals surface area (Å²) in [6.45, 7) is 6.95. The van der Waals surface area contributed by atoms with Gasteiger partial charge < -0.3 is 10.5 Å². The normalized spacial score (nSPS) is 13.5. The standard InChI is InChI=1S/C9H16N2OS/c1-4-12-8(6(2)3)9-11-7(10)5-13-9/h5-6,8H,4,10H2,1-3H3. The van der Waals surface area contributed by atoms with Gasteiger partial charge in [-0.3, -0.25) is 0 Å². The molecular formula is C9H16N2OS. The van der Waals surface area contributed by atoms with Gasteiger partial charge >= 0.3 is 0 Å². The van der Waals surface area contributed by atoms with Crippen LogP contribution >= 0.6 is 11.3 Å². The molecule has 1 aromatic rings. The van der Waals surface area contributed by atoms with Crippen LogP contribution in [0.15, 0.2) is 5.38 Å². The van der Waals surface area contributed by atoms with Crippen LogP contribution in [0.1, 0.15) is 31.9 Å². The largest absolute Gasteiger partial charge is 0.383 e. The zero-order valence-corrected chi connectivity index (χ0v) is 9.10. The van der Waals surface area contributed by atoms with E-state index in [9.17, 15) is 0 Å². The molecule has 2 N–H and O–H groups in total. The van der Waals surface area contributed by atoms with Crippen LogP contribution in [0.3, 0.4) is 0 Å². The third-order valence-electron chi connectivity index (χ3n) is 1.73. The van der Waals surface area contributed by atoms with Crippen molar-refractivity contribution in [1.82, 2.24) is 4.98 Å². The number of anilines is 1. The summed E-state index contributed by atoms with van der Waals surface area (Å²) in [6.07, 6.45) is 0.0901. The Morgan fingerprint density at radius 2 is 2.31 bits per heavy atom. The van der Waals surface area contributed by atoms with Gasteiger partial charge in [-0.05, 0) is 12.8 Å². The van der Waals surface area contributed by atoms with Crippen molar-refractivity contribution in [2.75, 3.05) is 12.3 Å². The lowest BCUT2D eigenvalue weighted by Crippen LogP contribution is -2.10. The van der Waals surface area contributed by atoms with Crippen LogP contribution in [0.4, 0.5) is 5.82 Å². The Hall–Kier alpha value is -0.610. The lowest BCUT2D eigenvalue weighted by Gasteiger charge is -2.17. The van der Waals surface area contributed by atoms with Gasteiger partial charge in [0.05, 0.1) is 0 Å². The first-order valence-corrected chi connectivity index (χ1v) is 5.35. The number of nitrogen functional groups attached to an aromatic ring is 1. The van der Waals surface area contributed by atoms with E-state index in [-0.39, 0.29) is 6.10 Å². The molecule has 3 nitrogen and oxygen atoms in total. The number of hydrogen-bond acceptors (Lipinski definition) is 4. The molecule has 0 saturated carbocycles. The van der Waals surface area contributed by atoms with Crippen molar-refractivity contribution >= 4 is 17.2 Å². The van der Waals surface area contributed by atoms with Crippen molar-refractivity contribution < 1.29 is 4.74 Å². The number of thiazole rings is 1. The lowest BCUT2D eigenvalue weighted by molar-refractivity contribution is 0.0293. The first-order chi connectivity index (χ1) is 6.15. The maximum Gasteiger partial charge on any atom is 0.134 e. The quantitative estimate of drug-likeness (QED) is 0.812. The maximum absolute atomic E-state index is 5.60. The molecule has 0 aliphatic heterocycles. The Bertz CT molecular complexity index is 260. The average Bonchev–Trinajstić information content (AvgIpc) is 2.46. The highest BCUT2D eigenvalue weighted by atomic mass is 32.1. The van der Waals surface area contributed by atoms with Gasteiger partial charge in [0.1, 0.15) is 16.9 Å². The predicted octanol–water partition coefficient (Wildman–Crippen LogP) is 2.46. The van der Waals surface area contributed by atoms with Crippen LogP contribution in [0.2, 0.25) is 0 Å². The fourth-order valence-corrected chi connectivity index (χ4v) is 2.09. The van der Waals surface area contributed by atoms with E-state index in [1.807, 2.05) is 12.3 Å². The summed E-state index contributed by atoms with van der Waals surface area (Å²) >= 11 is 1.56. The van der Waals surface area contributed by atoms with Crippen LogP contribution in [0.5, 0.6) is 0 Å². The third-order valence-corrected chi connectivity index (χ3v) is 2.66. The van der Waals surface area contributed by atoms with E-state index in [1.54, 1.807) is 11.3 Å². The van der Waals surface area contributed by atoms with Crippen LogP contribution in [0, 0.1) is 5.92 Å². The highest BCUT2D eigenvalue weighted by Gasteiger charge is 2.18. The molecular weight excluding hydrogens is 184 g/mol. The SMILES string of the molecule is CCOC(c1nc(N)cs1)C(C)C. The molecule has 0 spiro atoms. The smallest absolute Gasteiger partial charge is 0.134 e. The Balaban J connectivity index is 2.75. The molecule has 0 amide bonds. The van der Waals surface area contributed by atoms with Crippen molar-refractivity contribution in [2.45, 2.75) is 26.9 Å². The Labute approximate surface area is 82.9 Å². The van der Waals surface area contributed by atoms with Gasteiger partial charge in [-0.15, -0.1) is 11.3 Å². The van der Waals surface area contributed by atoms with Crippen LogP contribution in [-0.4, -0.2) is 11.6 Å². The fraction of sp³-hybridized carbons (Fsp3) is 0.667. The average molecular weight is 200 g/mol. The van der Waals surface area contributed by atoms with Crippen LogP contribution < -0.4 is 5.73 Å². The van der Waals surface area contributed by atoms with Gasteiger partial charge in [-0.2, -0.15) is 0 Å². The minimum Gasteiger partial charge on any atom is -0.383 e. The predicted molar refractivity (Wildman–Crippen MR) is 55.7 cm³/mol. The number of nitrogens with two attached hydrogens (primary N) is 1.